The summed E-state index contributed by atoms with van der Waals surface area (Å²) in [6.45, 7) is 0.704. The minimum absolute atomic E-state index is 0.0824. The number of carbonyl (C=O) groups excluding carboxylic acids is 1. The number of thiophene rings is 2. The summed E-state index contributed by atoms with van der Waals surface area (Å²) in [5.74, 6) is 1.60. The Morgan fingerprint density at radius 1 is 1.11 bits per heavy atom. The highest BCUT2D eigenvalue weighted by molar-refractivity contribution is 7.10. The van der Waals surface area contributed by atoms with Crippen molar-refractivity contribution in [2.24, 2.45) is 0 Å². The van der Waals surface area contributed by atoms with Gasteiger partial charge in [0, 0.05) is 16.3 Å². The van der Waals surface area contributed by atoms with Crippen LogP contribution < -0.4 is 9.47 Å². The van der Waals surface area contributed by atoms with Crippen LogP contribution in [-0.4, -0.2) is 31.6 Å². The molecular weight excluding hydrogens is 378 g/mol. The van der Waals surface area contributed by atoms with Crippen LogP contribution in [0.15, 0.2) is 47.2 Å². The van der Waals surface area contributed by atoms with E-state index in [0.29, 0.717) is 18.7 Å². The Balaban J connectivity index is 1.75. The summed E-state index contributed by atoms with van der Waals surface area (Å²) >= 11 is 3.31. The molecule has 1 amide bonds. The van der Waals surface area contributed by atoms with Crippen LogP contribution in [0.3, 0.4) is 0 Å². The van der Waals surface area contributed by atoms with Crippen molar-refractivity contribution in [1.82, 2.24) is 4.90 Å². The topological polar surface area (TPSA) is 38.8 Å². The van der Waals surface area contributed by atoms with Gasteiger partial charge in [-0.25, -0.2) is 0 Å². The quantitative estimate of drug-likeness (QED) is 0.632. The Morgan fingerprint density at radius 2 is 1.85 bits per heavy atom. The number of nitrogens with zero attached hydrogens (tertiary/aromatic N) is 1. The highest BCUT2D eigenvalue weighted by atomic mass is 32.1. The molecular formula is C21H21NO3S2. The van der Waals surface area contributed by atoms with E-state index in [0.717, 1.165) is 22.6 Å². The van der Waals surface area contributed by atoms with E-state index in [1.807, 2.05) is 34.5 Å². The molecule has 1 aliphatic heterocycles. The second-order valence-electron chi connectivity index (χ2n) is 6.42. The van der Waals surface area contributed by atoms with Crippen LogP contribution in [0.1, 0.15) is 26.9 Å². The molecule has 2 aromatic heterocycles. The van der Waals surface area contributed by atoms with Gasteiger partial charge in [0.25, 0.3) is 0 Å². The summed E-state index contributed by atoms with van der Waals surface area (Å²) < 4.78 is 11.0. The molecule has 27 heavy (non-hydrogen) atoms. The third-order valence-corrected chi connectivity index (χ3v) is 6.71. The van der Waals surface area contributed by atoms with Gasteiger partial charge in [-0.15, -0.1) is 22.7 Å². The molecule has 4 nitrogen and oxygen atoms in total. The average Bonchev–Trinajstić information content (AvgIpc) is 3.39. The van der Waals surface area contributed by atoms with Crippen LogP contribution >= 0.6 is 22.7 Å². The van der Waals surface area contributed by atoms with Gasteiger partial charge in [-0.2, -0.15) is 0 Å². The minimum Gasteiger partial charge on any atom is -0.493 e. The fourth-order valence-electron chi connectivity index (χ4n) is 3.63. The first-order valence-corrected chi connectivity index (χ1v) is 10.6. The molecule has 1 unspecified atom stereocenters. The van der Waals surface area contributed by atoms with Crippen molar-refractivity contribution >= 4 is 28.6 Å². The largest absolute Gasteiger partial charge is 0.493 e. The molecule has 0 saturated carbocycles. The van der Waals surface area contributed by atoms with Crippen molar-refractivity contribution in [2.75, 3.05) is 20.8 Å². The number of ether oxygens (including phenoxy) is 2. The summed E-state index contributed by atoms with van der Waals surface area (Å²) in [6, 6.07) is 12.2. The van der Waals surface area contributed by atoms with Crippen LogP contribution in [0.2, 0.25) is 0 Å². The van der Waals surface area contributed by atoms with Crippen molar-refractivity contribution < 1.29 is 14.3 Å². The SMILES string of the molecule is COc1cc2c(cc1OC)C(c1cccs1)N(C(=O)Cc1cccs1)CC2. The first-order chi connectivity index (χ1) is 13.2. The number of hydrogen-bond donors (Lipinski definition) is 0. The highest BCUT2D eigenvalue weighted by Gasteiger charge is 2.33. The minimum atomic E-state index is -0.0824. The second kappa shape index (κ2) is 7.74. The van der Waals surface area contributed by atoms with Gasteiger partial charge in [-0.3, -0.25) is 4.79 Å². The maximum atomic E-state index is 13.1. The molecule has 3 aromatic rings. The predicted molar refractivity (Wildman–Crippen MR) is 109 cm³/mol. The normalized spacial score (nSPS) is 16.1. The Morgan fingerprint density at radius 3 is 2.52 bits per heavy atom. The first-order valence-electron chi connectivity index (χ1n) is 8.81. The summed E-state index contributed by atoms with van der Waals surface area (Å²) in [5, 5.41) is 4.08. The van der Waals surface area contributed by atoms with E-state index in [9.17, 15) is 4.79 Å². The van der Waals surface area contributed by atoms with Crippen molar-refractivity contribution in [2.45, 2.75) is 18.9 Å². The third kappa shape index (κ3) is 3.47. The number of methoxy groups -OCH3 is 2. The lowest BCUT2D eigenvalue weighted by Crippen LogP contribution is -2.41. The first kappa shape index (κ1) is 18.1. The monoisotopic (exact) mass is 399 g/mol. The molecule has 0 radical (unpaired) electrons. The fourth-order valence-corrected chi connectivity index (χ4v) is 5.18. The summed E-state index contributed by atoms with van der Waals surface area (Å²) in [7, 11) is 3.30. The second-order valence-corrected chi connectivity index (χ2v) is 8.43. The molecule has 0 aliphatic carbocycles. The Labute approximate surface area is 167 Å². The Kier molecular flexibility index (Phi) is 5.18. The van der Waals surface area contributed by atoms with E-state index in [-0.39, 0.29) is 11.9 Å². The number of benzene rings is 1. The molecule has 0 N–H and O–H groups in total. The van der Waals surface area contributed by atoms with E-state index < -0.39 is 0 Å². The summed E-state index contributed by atoms with van der Waals surface area (Å²) in [5.41, 5.74) is 2.34. The van der Waals surface area contributed by atoms with Gasteiger partial charge in [-0.1, -0.05) is 12.1 Å². The van der Waals surface area contributed by atoms with E-state index in [1.54, 1.807) is 36.9 Å². The molecule has 0 spiro atoms. The smallest absolute Gasteiger partial charge is 0.228 e. The predicted octanol–water partition coefficient (Wildman–Crippen LogP) is 4.54. The maximum Gasteiger partial charge on any atom is 0.228 e. The molecule has 1 aromatic carbocycles. The van der Waals surface area contributed by atoms with Crippen LogP contribution in [-0.2, 0) is 17.6 Å². The van der Waals surface area contributed by atoms with Crippen molar-refractivity contribution in [3.63, 3.8) is 0 Å². The number of amides is 1. The van der Waals surface area contributed by atoms with Crippen LogP contribution in [0.4, 0.5) is 0 Å². The molecule has 3 heterocycles. The van der Waals surface area contributed by atoms with Crippen molar-refractivity contribution in [3.05, 3.63) is 68.0 Å². The van der Waals surface area contributed by atoms with E-state index in [4.69, 9.17) is 9.47 Å². The van der Waals surface area contributed by atoms with Crippen LogP contribution in [0.5, 0.6) is 11.5 Å². The van der Waals surface area contributed by atoms with Gasteiger partial charge in [0.05, 0.1) is 26.7 Å². The van der Waals surface area contributed by atoms with Gasteiger partial charge in [-0.05, 0) is 52.6 Å². The molecule has 4 rings (SSSR count). The number of hydrogen-bond acceptors (Lipinski definition) is 5. The van der Waals surface area contributed by atoms with Gasteiger partial charge in [0.15, 0.2) is 11.5 Å². The lowest BCUT2D eigenvalue weighted by molar-refractivity contribution is -0.132. The maximum absolute atomic E-state index is 13.1. The third-order valence-electron chi connectivity index (χ3n) is 4.91. The zero-order valence-corrected chi connectivity index (χ0v) is 16.9. The van der Waals surface area contributed by atoms with Crippen molar-refractivity contribution in [1.29, 1.82) is 0 Å². The molecule has 0 fully saturated rings. The number of rotatable bonds is 5. The van der Waals surface area contributed by atoms with Crippen molar-refractivity contribution in [3.8, 4) is 11.5 Å². The van der Waals surface area contributed by atoms with E-state index >= 15 is 0 Å². The van der Waals surface area contributed by atoms with Gasteiger partial charge < -0.3 is 14.4 Å². The average molecular weight is 400 g/mol. The molecule has 6 heteroatoms. The molecule has 1 atom stereocenters. The lowest BCUT2D eigenvalue weighted by atomic mass is 9.90. The lowest BCUT2D eigenvalue weighted by Gasteiger charge is -2.37. The molecule has 0 bridgehead atoms. The zero-order valence-electron chi connectivity index (χ0n) is 15.3. The Hall–Kier alpha value is -2.31. The summed E-state index contributed by atoms with van der Waals surface area (Å²) in [4.78, 5) is 17.4. The van der Waals surface area contributed by atoms with E-state index in [1.165, 1.54) is 10.4 Å². The Bertz CT molecular complexity index is 919. The standard InChI is InChI=1S/C21H21NO3S2/c1-24-17-11-14-7-8-22(20(23)12-15-5-3-9-26-15)21(19-6-4-10-27-19)16(14)13-18(17)25-2/h3-6,9-11,13,21H,7-8,12H2,1-2H3. The van der Waals surface area contributed by atoms with Crippen LogP contribution in [0.25, 0.3) is 0 Å². The molecule has 1 aliphatic rings. The number of fused-ring (bicyclic) bond motifs is 1. The van der Waals surface area contributed by atoms with Gasteiger partial charge in [0.1, 0.15) is 0 Å². The summed E-state index contributed by atoms with van der Waals surface area (Å²) in [6.07, 6.45) is 1.26. The van der Waals surface area contributed by atoms with Gasteiger partial charge >= 0.3 is 0 Å². The fraction of sp³-hybridized carbons (Fsp3) is 0.286. The number of carbonyl (C=O) groups is 1. The van der Waals surface area contributed by atoms with Gasteiger partial charge in [0.2, 0.25) is 5.91 Å². The molecule has 0 saturated heterocycles. The highest BCUT2D eigenvalue weighted by Crippen LogP contribution is 2.42. The molecule has 140 valence electrons. The van der Waals surface area contributed by atoms with E-state index in [2.05, 4.69) is 17.5 Å². The zero-order chi connectivity index (χ0) is 18.8. The van der Waals surface area contributed by atoms with Crippen LogP contribution in [0, 0.1) is 0 Å².